The number of likely N-dealkylation sites (N-methyl/N-ethyl adjacent to an activating group) is 1. The number of carbonyl (C=O) groups is 2. The van der Waals surface area contributed by atoms with E-state index in [1.54, 1.807) is 13.0 Å². The summed E-state index contributed by atoms with van der Waals surface area (Å²) in [7, 11) is 1.45. The Bertz CT molecular complexity index is 479. The molecule has 0 aliphatic heterocycles. The molecule has 0 radical (unpaired) electrons. The summed E-state index contributed by atoms with van der Waals surface area (Å²) in [5.74, 6) is 0.328. The van der Waals surface area contributed by atoms with Gasteiger partial charge in [0.15, 0.2) is 0 Å². The number of amides is 2. The van der Waals surface area contributed by atoms with E-state index in [2.05, 4.69) is 5.32 Å². The molecule has 0 aliphatic carbocycles. The van der Waals surface area contributed by atoms with Gasteiger partial charge in [-0.05, 0) is 39.8 Å². The molecule has 1 unspecified atom stereocenters. The molecular weight excluding hydrogens is 248 g/mol. The smallest absolute Gasteiger partial charge is 0.329 e. The summed E-state index contributed by atoms with van der Waals surface area (Å²) in [4.78, 5) is 24.2. The monoisotopic (exact) mass is 268 g/mol. The SMILES string of the molecule is Cc1ccc(C(C)NC(=O)N(C)C(C)(C)C(=O)O)o1. The summed E-state index contributed by atoms with van der Waals surface area (Å²) >= 11 is 0. The number of hydrogen-bond acceptors (Lipinski definition) is 3. The van der Waals surface area contributed by atoms with Crippen LogP contribution < -0.4 is 5.32 Å². The van der Waals surface area contributed by atoms with Gasteiger partial charge in [-0.3, -0.25) is 0 Å². The number of aliphatic carboxylic acids is 1. The molecule has 19 heavy (non-hydrogen) atoms. The highest BCUT2D eigenvalue weighted by molar-refractivity contribution is 5.85. The summed E-state index contributed by atoms with van der Waals surface area (Å²) in [6.45, 7) is 6.53. The van der Waals surface area contributed by atoms with Gasteiger partial charge in [0.2, 0.25) is 0 Å². The zero-order chi connectivity index (χ0) is 14.8. The molecule has 6 heteroatoms. The van der Waals surface area contributed by atoms with E-state index in [1.165, 1.54) is 20.9 Å². The second-order valence-corrected chi connectivity index (χ2v) is 5.04. The molecule has 0 aromatic carbocycles. The quantitative estimate of drug-likeness (QED) is 0.876. The predicted octanol–water partition coefficient (Wildman–Crippen LogP) is 2.15. The highest BCUT2D eigenvalue weighted by Crippen LogP contribution is 2.18. The number of nitrogens with one attached hydrogen (secondary N) is 1. The first-order valence-corrected chi connectivity index (χ1v) is 6.00. The average Bonchev–Trinajstić information content (AvgIpc) is 2.74. The molecule has 0 fully saturated rings. The maximum Gasteiger partial charge on any atom is 0.329 e. The molecule has 2 N–H and O–H groups in total. The molecule has 6 nitrogen and oxygen atoms in total. The van der Waals surface area contributed by atoms with E-state index < -0.39 is 17.5 Å². The van der Waals surface area contributed by atoms with Crippen LogP contribution in [0.25, 0.3) is 0 Å². The van der Waals surface area contributed by atoms with Crippen LogP contribution in [0.5, 0.6) is 0 Å². The summed E-state index contributed by atoms with van der Waals surface area (Å²) in [6, 6.07) is 2.80. The minimum absolute atomic E-state index is 0.326. The van der Waals surface area contributed by atoms with E-state index in [0.29, 0.717) is 5.76 Å². The molecular formula is C13H20N2O4. The second-order valence-electron chi connectivity index (χ2n) is 5.04. The highest BCUT2D eigenvalue weighted by atomic mass is 16.4. The molecule has 1 heterocycles. The first-order chi connectivity index (χ1) is 8.66. The van der Waals surface area contributed by atoms with Gasteiger partial charge in [0, 0.05) is 7.05 Å². The Labute approximate surface area is 112 Å². The molecule has 106 valence electrons. The van der Waals surface area contributed by atoms with Crippen LogP contribution in [0.15, 0.2) is 16.5 Å². The van der Waals surface area contributed by atoms with Crippen molar-refractivity contribution in [3.63, 3.8) is 0 Å². The lowest BCUT2D eigenvalue weighted by atomic mass is 10.0. The fourth-order valence-corrected chi connectivity index (χ4v) is 1.44. The first-order valence-electron chi connectivity index (χ1n) is 6.00. The lowest BCUT2D eigenvalue weighted by Gasteiger charge is -2.32. The van der Waals surface area contributed by atoms with E-state index in [0.717, 1.165) is 10.7 Å². The van der Waals surface area contributed by atoms with Gasteiger partial charge < -0.3 is 19.7 Å². The minimum atomic E-state index is -1.27. The number of carbonyl (C=O) groups excluding carboxylic acids is 1. The van der Waals surface area contributed by atoms with Crippen molar-refractivity contribution in [3.05, 3.63) is 23.7 Å². The van der Waals surface area contributed by atoms with Crippen LogP contribution in [0.4, 0.5) is 4.79 Å². The number of urea groups is 1. The summed E-state index contributed by atoms with van der Waals surface area (Å²) in [5.41, 5.74) is -1.27. The lowest BCUT2D eigenvalue weighted by Crippen LogP contribution is -2.54. The van der Waals surface area contributed by atoms with Crippen LogP contribution in [0.2, 0.25) is 0 Å². The maximum atomic E-state index is 12.0. The van der Waals surface area contributed by atoms with Crippen molar-refractivity contribution in [1.29, 1.82) is 0 Å². The third kappa shape index (κ3) is 3.27. The van der Waals surface area contributed by atoms with Gasteiger partial charge in [0.1, 0.15) is 17.1 Å². The molecule has 1 aromatic heterocycles. The number of carboxylic acids is 1. The number of aryl methyl sites for hydroxylation is 1. The summed E-state index contributed by atoms with van der Waals surface area (Å²) in [6.07, 6.45) is 0. The molecule has 0 saturated heterocycles. The summed E-state index contributed by atoms with van der Waals surface area (Å²) < 4.78 is 5.41. The van der Waals surface area contributed by atoms with E-state index in [-0.39, 0.29) is 6.04 Å². The molecule has 0 saturated carbocycles. The Morgan fingerprint density at radius 2 is 2.00 bits per heavy atom. The Hall–Kier alpha value is -1.98. The van der Waals surface area contributed by atoms with Gasteiger partial charge in [-0.2, -0.15) is 0 Å². The zero-order valence-electron chi connectivity index (χ0n) is 11.9. The van der Waals surface area contributed by atoms with Crippen molar-refractivity contribution in [2.75, 3.05) is 7.05 Å². The molecule has 1 aromatic rings. The standard InChI is InChI=1S/C13H20N2O4/c1-8-6-7-10(19-8)9(2)14-12(18)15(5)13(3,4)11(16)17/h6-7,9H,1-5H3,(H,14,18)(H,16,17). The van der Waals surface area contributed by atoms with Crippen molar-refractivity contribution in [3.8, 4) is 0 Å². The van der Waals surface area contributed by atoms with Gasteiger partial charge >= 0.3 is 12.0 Å². The molecule has 1 rings (SSSR count). The molecule has 0 aliphatic rings. The fourth-order valence-electron chi connectivity index (χ4n) is 1.44. The molecule has 2 amide bonds. The molecule has 0 bridgehead atoms. The second kappa shape index (κ2) is 5.34. The van der Waals surface area contributed by atoms with Gasteiger partial charge in [0.05, 0.1) is 6.04 Å². The normalized spacial score (nSPS) is 12.9. The van der Waals surface area contributed by atoms with Crippen molar-refractivity contribution < 1.29 is 19.1 Å². The van der Waals surface area contributed by atoms with Gasteiger partial charge in [-0.1, -0.05) is 0 Å². The summed E-state index contributed by atoms with van der Waals surface area (Å²) in [5, 5.41) is 11.8. The van der Waals surface area contributed by atoms with Crippen LogP contribution in [0.3, 0.4) is 0 Å². The van der Waals surface area contributed by atoms with Crippen molar-refractivity contribution in [2.24, 2.45) is 0 Å². The van der Waals surface area contributed by atoms with Crippen molar-refractivity contribution in [1.82, 2.24) is 10.2 Å². The van der Waals surface area contributed by atoms with Crippen molar-refractivity contribution in [2.45, 2.75) is 39.3 Å². The van der Waals surface area contributed by atoms with E-state index in [1.807, 2.05) is 13.0 Å². The van der Waals surface area contributed by atoms with E-state index in [4.69, 9.17) is 9.52 Å². The Morgan fingerprint density at radius 1 is 1.42 bits per heavy atom. The predicted molar refractivity (Wildman–Crippen MR) is 69.9 cm³/mol. The molecule has 0 spiro atoms. The number of carboxylic acid groups (broad SMARTS) is 1. The van der Waals surface area contributed by atoms with Crippen LogP contribution >= 0.6 is 0 Å². The van der Waals surface area contributed by atoms with Gasteiger partial charge in [0.25, 0.3) is 0 Å². The van der Waals surface area contributed by atoms with E-state index >= 15 is 0 Å². The van der Waals surface area contributed by atoms with Crippen molar-refractivity contribution >= 4 is 12.0 Å². The minimum Gasteiger partial charge on any atom is -0.480 e. The molecule has 1 atom stereocenters. The van der Waals surface area contributed by atoms with Gasteiger partial charge in [-0.25, -0.2) is 9.59 Å². The third-order valence-electron chi connectivity index (χ3n) is 3.19. The average molecular weight is 268 g/mol. The number of furan rings is 1. The Kier molecular flexibility index (Phi) is 4.24. The zero-order valence-corrected chi connectivity index (χ0v) is 11.9. The third-order valence-corrected chi connectivity index (χ3v) is 3.19. The van der Waals surface area contributed by atoms with Crippen LogP contribution in [0, 0.1) is 6.92 Å². The first kappa shape index (κ1) is 15.1. The fraction of sp³-hybridized carbons (Fsp3) is 0.538. The Balaban J connectivity index is 2.72. The largest absolute Gasteiger partial charge is 0.480 e. The number of nitrogens with zero attached hydrogens (tertiary/aromatic N) is 1. The van der Waals surface area contributed by atoms with Crippen LogP contribution in [0.1, 0.15) is 38.3 Å². The van der Waals surface area contributed by atoms with Crippen LogP contribution in [-0.4, -0.2) is 34.6 Å². The number of rotatable bonds is 4. The topological polar surface area (TPSA) is 82.8 Å². The van der Waals surface area contributed by atoms with E-state index in [9.17, 15) is 9.59 Å². The number of hydrogen-bond donors (Lipinski definition) is 2. The lowest BCUT2D eigenvalue weighted by molar-refractivity contribution is -0.146. The maximum absolute atomic E-state index is 12.0. The highest BCUT2D eigenvalue weighted by Gasteiger charge is 2.35. The van der Waals surface area contributed by atoms with Crippen LogP contribution in [-0.2, 0) is 4.79 Å². The Morgan fingerprint density at radius 3 is 2.42 bits per heavy atom. The van der Waals surface area contributed by atoms with Gasteiger partial charge in [-0.15, -0.1) is 0 Å².